The van der Waals surface area contributed by atoms with Crippen molar-refractivity contribution in [3.05, 3.63) is 17.5 Å². The van der Waals surface area contributed by atoms with Crippen LogP contribution in [0.1, 0.15) is 29.1 Å². The van der Waals surface area contributed by atoms with Crippen molar-refractivity contribution in [2.45, 2.75) is 19.8 Å². The molecule has 7 nitrogen and oxygen atoms in total. The van der Waals surface area contributed by atoms with Crippen LogP contribution in [-0.4, -0.2) is 48.8 Å². The molecule has 0 aliphatic carbocycles. The second-order valence-corrected chi connectivity index (χ2v) is 4.93. The number of aryl methyl sites for hydroxylation is 1. The molecule has 0 spiro atoms. The Balaban J connectivity index is 1.73. The van der Waals surface area contributed by atoms with Crippen LogP contribution >= 0.6 is 0 Å². The summed E-state index contributed by atoms with van der Waals surface area (Å²) in [7, 11) is 1.38. The number of rotatable bonds is 3. The summed E-state index contributed by atoms with van der Waals surface area (Å²) in [6.45, 7) is 3.65. The largest absolute Gasteiger partial charge is 0.453 e. The van der Waals surface area contributed by atoms with Gasteiger partial charge < -0.3 is 19.5 Å². The predicted molar refractivity (Wildman–Crippen MR) is 70.3 cm³/mol. The molecule has 1 aromatic rings. The van der Waals surface area contributed by atoms with Crippen molar-refractivity contribution in [2.24, 2.45) is 5.92 Å². The number of nitrogens with zero attached hydrogens (tertiary/aromatic N) is 2. The number of hydrogen-bond acceptors (Lipinski definition) is 5. The van der Waals surface area contributed by atoms with Crippen LogP contribution in [0.3, 0.4) is 0 Å². The highest BCUT2D eigenvalue weighted by atomic mass is 16.5. The van der Waals surface area contributed by atoms with E-state index in [-0.39, 0.29) is 12.0 Å². The fourth-order valence-corrected chi connectivity index (χ4v) is 2.25. The normalized spacial score (nSPS) is 16.0. The summed E-state index contributed by atoms with van der Waals surface area (Å²) in [4.78, 5) is 24.8. The van der Waals surface area contributed by atoms with E-state index in [0.29, 0.717) is 37.0 Å². The van der Waals surface area contributed by atoms with E-state index in [1.54, 1.807) is 17.9 Å². The Morgan fingerprint density at radius 2 is 2.20 bits per heavy atom. The zero-order valence-corrected chi connectivity index (χ0v) is 11.7. The number of methoxy groups -OCH3 is 1. The molecule has 0 unspecified atom stereocenters. The van der Waals surface area contributed by atoms with Gasteiger partial charge in [0.15, 0.2) is 5.69 Å². The maximum atomic E-state index is 11.8. The van der Waals surface area contributed by atoms with Gasteiger partial charge in [-0.2, -0.15) is 0 Å². The first-order valence-corrected chi connectivity index (χ1v) is 6.64. The van der Waals surface area contributed by atoms with Gasteiger partial charge in [-0.25, -0.2) is 4.79 Å². The molecule has 1 fully saturated rings. The lowest BCUT2D eigenvalue weighted by molar-refractivity contribution is 0.0906. The summed E-state index contributed by atoms with van der Waals surface area (Å²) in [6.07, 6.45) is 1.42. The van der Waals surface area contributed by atoms with Crippen LogP contribution in [0, 0.1) is 12.8 Å². The van der Waals surface area contributed by atoms with Crippen molar-refractivity contribution in [3.8, 4) is 0 Å². The van der Waals surface area contributed by atoms with E-state index < -0.39 is 0 Å². The van der Waals surface area contributed by atoms with Gasteiger partial charge in [-0.05, 0) is 25.7 Å². The molecule has 1 aliphatic rings. The Kier molecular flexibility index (Phi) is 4.60. The number of piperidine rings is 1. The molecule has 0 bridgehead atoms. The van der Waals surface area contributed by atoms with Gasteiger partial charge >= 0.3 is 6.09 Å². The third-order valence-electron chi connectivity index (χ3n) is 3.46. The molecule has 2 amide bonds. The Bertz CT molecular complexity index is 478. The molecular formula is C13H19N3O4. The van der Waals surface area contributed by atoms with Crippen molar-refractivity contribution in [2.75, 3.05) is 26.7 Å². The van der Waals surface area contributed by atoms with Crippen molar-refractivity contribution >= 4 is 12.0 Å². The van der Waals surface area contributed by atoms with Crippen molar-refractivity contribution in [1.82, 2.24) is 15.4 Å². The minimum Gasteiger partial charge on any atom is -0.453 e. The van der Waals surface area contributed by atoms with Crippen LogP contribution in [0.5, 0.6) is 0 Å². The van der Waals surface area contributed by atoms with Crippen LogP contribution in [0.4, 0.5) is 4.79 Å². The molecule has 0 atom stereocenters. The lowest BCUT2D eigenvalue weighted by Gasteiger charge is -2.30. The van der Waals surface area contributed by atoms with E-state index in [4.69, 9.17) is 4.52 Å². The molecule has 2 rings (SSSR count). The van der Waals surface area contributed by atoms with Gasteiger partial charge in [-0.15, -0.1) is 0 Å². The van der Waals surface area contributed by atoms with Gasteiger partial charge in [-0.1, -0.05) is 5.16 Å². The maximum Gasteiger partial charge on any atom is 0.409 e. The number of hydrogen-bond donors (Lipinski definition) is 1. The van der Waals surface area contributed by atoms with Crippen LogP contribution < -0.4 is 5.32 Å². The number of carbonyl (C=O) groups excluding carboxylic acids is 2. The Labute approximate surface area is 117 Å². The van der Waals surface area contributed by atoms with E-state index in [0.717, 1.165) is 12.8 Å². The number of likely N-dealkylation sites (tertiary alicyclic amines) is 1. The number of amides is 2. The smallest absolute Gasteiger partial charge is 0.409 e. The van der Waals surface area contributed by atoms with Crippen molar-refractivity contribution < 1.29 is 18.8 Å². The second kappa shape index (κ2) is 6.40. The minimum atomic E-state index is -0.287. The molecule has 1 N–H and O–H groups in total. The fourth-order valence-electron chi connectivity index (χ4n) is 2.25. The molecule has 1 aliphatic heterocycles. The molecule has 2 heterocycles. The van der Waals surface area contributed by atoms with Crippen molar-refractivity contribution in [1.29, 1.82) is 0 Å². The molecule has 7 heteroatoms. The first-order valence-electron chi connectivity index (χ1n) is 6.64. The number of ether oxygens (including phenoxy) is 1. The lowest BCUT2D eigenvalue weighted by atomic mass is 9.97. The highest BCUT2D eigenvalue weighted by Gasteiger charge is 2.23. The third-order valence-corrected chi connectivity index (χ3v) is 3.46. The highest BCUT2D eigenvalue weighted by molar-refractivity contribution is 5.92. The quantitative estimate of drug-likeness (QED) is 0.899. The number of nitrogens with one attached hydrogen (secondary N) is 1. The Morgan fingerprint density at radius 1 is 1.50 bits per heavy atom. The molecule has 0 radical (unpaired) electrons. The molecule has 1 saturated heterocycles. The van der Waals surface area contributed by atoms with E-state index in [1.807, 2.05) is 0 Å². The van der Waals surface area contributed by atoms with E-state index in [1.165, 1.54) is 7.11 Å². The predicted octanol–water partition coefficient (Wildman–Crippen LogP) is 1.19. The monoisotopic (exact) mass is 281 g/mol. The molecule has 0 aromatic carbocycles. The Hall–Kier alpha value is -2.05. The van der Waals surface area contributed by atoms with Gasteiger partial charge in [0, 0.05) is 25.7 Å². The summed E-state index contributed by atoms with van der Waals surface area (Å²) >= 11 is 0. The third kappa shape index (κ3) is 3.49. The van der Waals surface area contributed by atoms with E-state index in [9.17, 15) is 9.59 Å². The molecule has 1 aromatic heterocycles. The van der Waals surface area contributed by atoms with E-state index >= 15 is 0 Å². The van der Waals surface area contributed by atoms with Crippen molar-refractivity contribution in [3.63, 3.8) is 0 Å². The van der Waals surface area contributed by atoms with Gasteiger partial charge in [0.25, 0.3) is 5.91 Å². The number of carbonyl (C=O) groups is 2. The van der Waals surface area contributed by atoms with Gasteiger partial charge in [-0.3, -0.25) is 4.79 Å². The van der Waals surface area contributed by atoms with Crippen LogP contribution in [0.25, 0.3) is 0 Å². The first-order chi connectivity index (χ1) is 9.60. The standard InChI is InChI=1S/C13H19N3O4/c1-9-7-11(15-20-9)12(17)14-8-10-3-5-16(6-4-10)13(18)19-2/h7,10H,3-6,8H2,1-2H3,(H,14,17). The van der Waals surface area contributed by atoms with Crippen LogP contribution in [0.2, 0.25) is 0 Å². The molecule has 20 heavy (non-hydrogen) atoms. The highest BCUT2D eigenvalue weighted by Crippen LogP contribution is 2.17. The maximum absolute atomic E-state index is 11.8. The van der Waals surface area contributed by atoms with Crippen LogP contribution in [0.15, 0.2) is 10.6 Å². The van der Waals surface area contributed by atoms with Crippen LogP contribution in [-0.2, 0) is 4.74 Å². The molecule has 110 valence electrons. The summed E-state index contributed by atoms with van der Waals surface area (Å²) in [5.74, 6) is 0.756. The lowest BCUT2D eigenvalue weighted by Crippen LogP contribution is -2.41. The minimum absolute atomic E-state index is 0.225. The summed E-state index contributed by atoms with van der Waals surface area (Å²) < 4.78 is 9.54. The average Bonchev–Trinajstić information content (AvgIpc) is 2.91. The fraction of sp³-hybridized carbons (Fsp3) is 0.615. The summed E-state index contributed by atoms with van der Waals surface area (Å²) in [5.41, 5.74) is 0.300. The SMILES string of the molecule is COC(=O)N1CCC(CNC(=O)c2cc(C)on2)CC1. The Morgan fingerprint density at radius 3 is 2.75 bits per heavy atom. The summed E-state index contributed by atoms with van der Waals surface area (Å²) in [6, 6.07) is 1.61. The molecular weight excluding hydrogens is 262 g/mol. The average molecular weight is 281 g/mol. The van der Waals surface area contributed by atoms with Gasteiger partial charge in [0.05, 0.1) is 7.11 Å². The zero-order chi connectivity index (χ0) is 14.5. The van der Waals surface area contributed by atoms with E-state index in [2.05, 4.69) is 15.2 Å². The zero-order valence-electron chi connectivity index (χ0n) is 11.7. The summed E-state index contributed by atoms with van der Waals surface area (Å²) in [5, 5.41) is 6.51. The number of aromatic nitrogens is 1. The van der Waals surface area contributed by atoms with Gasteiger partial charge in [0.2, 0.25) is 0 Å². The van der Waals surface area contributed by atoms with Gasteiger partial charge in [0.1, 0.15) is 5.76 Å². The second-order valence-electron chi connectivity index (χ2n) is 4.93. The molecule has 0 saturated carbocycles. The topological polar surface area (TPSA) is 84.7 Å². The first kappa shape index (κ1) is 14.4.